The van der Waals surface area contributed by atoms with Crippen molar-refractivity contribution < 1.29 is 18.8 Å². The fourth-order valence-corrected chi connectivity index (χ4v) is 1.76. The molecule has 0 unspecified atom stereocenters. The molecule has 0 amide bonds. The molecule has 0 bridgehead atoms. The number of rotatable bonds is 5. The van der Waals surface area contributed by atoms with Gasteiger partial charge in [-0.1, -0.05) is 12.1 Å². The van der Waals surface area contributed by atoms with Crippen LogP contribution in [0.1, 0.15) is 61.3 Å². The van der Waals surface area contributed by atoms with E-state index in [0.29, 0.717) is 6.61 Å². The van der Waals surface area contributed by atoms with Gasteiger partial charge in [0.15, 0.2) is 0 Å². The van der Waals surface area contributed by atoms with Gasteiger partial charge in [0.1, 0.15) is 0 Å². The predicted octanol–water partition coefficient (Wildman–Crippen LogP) is 3.54. The third-order valence-electron chi connectivity index (χ3n) is 3.93. The van der Waals surface area contributed by atoms with Crippen LogP contribution in [-0.4, -0.2) is 30.9 Å². The summed E-state index contributed by atoms with van der Waals surface area (Å²) in [4.78, 5) is 11.6. The van der Waals surface area contributed by atoms with Gasteiger partial charge in [0, 0.05) is 0 Å². The Morgan fingerprint density at radius 3 is 2.14 bits per heavy atom. The summed E-state index contributed by atoms with van der Waals surface area (Å²) in [5, 5.41) is 0. The van der Waals surface area contributed by atoms with E-state index in [0.717, 1.165) is 12.8 Å². The van der Waals surface area contributed by atoms with E-state index in [1.165, 1.54) is 0 Å². The normalized spacial score (nSPS) is 21.0. The maximum absolute atomic E-state index is 11.6. The largest absolute Gasteiger partial charge is 0.486 e. The number of hydrogen-bond acceptors (Lipinski definition) is 4. The second kappa shape index (κ2) is 6.53. The van der Waals surface area contributed by atoms with E-state index >= 15 is 0 Å². The second-order valence-electron chi connectivity index (χ2n) is 7.58. The van der Waals surface area contributed by atoms with E-state index < -0.39 is 5.41 Å². The van der Waals surface area contributed by atoms with Gasteiger partial charge >= 0.3 is 13.1 Å². The standard InChI is InChI=1S/C16H29BO4/c1-14(2,3)13(18)19-12-10-8-9-11-17-20-15(4,5)16(6,7)21-17/h9,11H,8,10,12H2,1-7H3/b11-9+. The lowest BCUT2D eigenvalue weighted by Crippen LogP contribution is -2.41. The molecule has 0 aromatic heterocycles. The first kappa shape index (κ1) is 18.2. The highest BCUT2D eigenvalue weighted by molar-refractivity contribution is 6.51. The highest BCUT2D eigenvalue weighted by Crippen LogP contribution is 2.36. The summed E-state index contributed by atoms with van der Waals surface area (Å²) in [6, 6.07) is 0. The lowest BCUT2D eigenvalue weighted by molar-refractivity contribution is -0.153. The van der Waals surface area contributed by atoms with Gasteiger partial charge in [-0.3, -0.25) is 4.79 Å². The zero-order valence-corrected chi connectivity index (χ0v) is 14.5. The maximum atomic E-state index is 11.6. The average Bonchev–Trinajstić information content (AvgIpc) is 2.50. The number of esters is 1. The fraction of sp³-hybridized carbons (Fsp3) is 0.812. The first-order chi connectivity index (χ1) is 9.46. The summed E-state index contributed by atoms with van der Waals surface area (Å²) in [6.07, 6.45) is 3.66. The lowest BCUT2D eigenvalue weighted by atomic mass is 9.89. The zero-order chi connectivity index (χ0) is 16.3. The molecule has 1 heterocycles. The smallest absolute Gasteiger partial charge is 0.465 e. The third-order valence-corrected chi connectivity index (χ3v) is 3.93. The van der Waals surface area contributed by atoms with Crippen molar-refractivity contribution in [2.45, 2.75) is 72.5 Å². The van der Waals surface area contributed by atoms with E-state index in [2.05, 4.69) is 0 Å². The Bertz CT molecular complexity index is 378. The lowest BCUT2D eigenvalue weighted by Gasteiger charge is -2.32. The van der Waals surface area contributed by atoms with Crippen LogP contribution in [0.25, 0.3) is 0 Å². The van der Waals surface area contributed by atoms with Crippen molar-refractivity contribution in [3.05, 3.63) is 12.1 Å². The van der Waals surface area contributed by atoms with E-state index in [4.69, 9.17) is 14.0 Å². The minimum absolute atomic E-state index is 0.155. The zero-order valence-electron chi connectivity index (χ0n) is 14.5. The molecule has 0 aliphatic carbocycles. The van der Waals surface area contributed by atoms with Gasteiger partial charge in [0.05, 0.1) is 23.2 Å². The van der Waals surface area contributed by atoms with E-state index in [-0.39, 0.29) is 24.3 Å². The Labute approximate surface area is 129 Å². The summed E-state index contributed by atoms with van der Waals surface area (Å²) in [7, 11) is -0.299. The van der Waals surface area contributed by atoms with Crippen LogP contribution >= 0.6 is 0 Å². The van der Waals surface area contributed by atoms with Crippen LogP contribution < -0.4 is 0 Å². The molecule has 0 saturated carbocycles. The Kier molecular flexibility index (Phi) is 5.67. The highest BCUT2D eigenvalue weighted by atomic mass is 16.7. The van der Waals surface area contributed by atoms with Crippen molar-refractivity contribution in [2.24, 2.45) is 5.41 Å². The van der Waals surface area contributed by atoms with Gasteiger partial charge < -0.3 is 14.0 Å². The molecule has 21 heavy (non-hydrogen) atoms. The first-order valence-corrected chi connectivity index (χ1v) is 7.65. The first-order valence-electron chi connectivity index (χ1n) is 7.65. The summed E-state index contributed by atoms with van der Waals surface area (Å²) in [5.74, 6) is 1.78. The molecule has 0 N–H and O–H groups in total. The number of carbonyl (C=O) groups excluding carboxylic acids is 1. The minimum Gasteiger partial charge on any atom is -0.465 e. The number of carbonyl (C=O) groups is 1. The van der Waals surface area contributed by atoms with Crippen LogP contribution in [0.5, 0.6) is 0 Å². The van der Waals surface area contributed by atoms with Gasteiger partial charge in [0.2, 0.25) is 0 Å². The molecule has 1 fully saturated rings. The van der Waals surface area contributed by atoms with Gasteiger partial charge in [-0.2, -0.15) is 0 Å². The van der Waals surface area contributed by atoms with Crippen molar-refractivity contribution in [1.29, 1.82) is 0 Å². The molecular weight excluding hydrogens is 267 g/mol. The van der Waals surface area contributed by atoms with Gasteiger partial charge in [-0.05, 0) is 61.3 Å². The Hall–Kier alpha value is -0.805. The van der Waals surface area contributed by atoms with Crippen molar-refractivity contribution in [3.63, 3.8) is 0 Å². The molecule has 1 aliphatic rings. The monoisotopic (exact) mass is 296 g/mol. The molecule has 0 aromatic rings. The average molecular weight is 296 g/mol. The predicted molar refractivity (Wildman–Crippen MR) is 84.9 cm³/mol. The van der Waals surface area contributed by atoms with E-state index in [1.807, 2.05) is 60.5 Å². The molecule has 0 atom stereocenters. The van der Waals surface area contributed by atoms with E-state index in [1.54, 1.807) is 0 Å². The third kappa shape index (κ3) is 5.15. The molecular formula is C16H29BO4. The van der Waals surface area contributed by atoms with Crippen LogP contribution in [0, 0.1) is 5.41 Å². The molecule has 5 heteroatoms. The van der Waals surface area contributed by atoms with Crippen molar-refractivity contribution in [2.75, 3.05) is 6.61 Å². The highest BCUT2D eigenvalue weighted by Gasteiger charge is 2.49. The molecule has 0 spiro atoms. The number of allylic oxidation sites excluding steroid dienone is 1. The van der Waals surface area contributed by atoms with Crippen molar-refractivity contribution in [3.8, 4) is 0 Å². The van der Waals surface area contributed by atoms with Crippen LogP contribution in [0.15, 0.2) is 12.1 Å². The Morgan fingerprint density at radius 1 is 1.14 bits per heavy atom. The number of hydrogen-bond donors (Lipinski definition) is 0. The van der Waals surface area contributed by atoms with Gasteiger partial charge in [0.25, 0.3) is 0 Å². The van der Waals surface area contributed by atoms with Gasteiger partial charge in [-0.25, -0.2) is 0 Å². The molecule has 0 radical (unpaired) electrons. The summed E-state index contributed by atoms with van der Waals surface area (Å²) < 4.78 is 16.9. The minimum atomic E-state index is -0.432. The summed E-state index contributed by atoms with van der Waals surface area (Å²) in [6.45, 7) is 14.2. The molecule has 1 aliphatic heterocycles. The topological polar surface area (TPSA) is 44.8 Å². The second-order valence-corrected chi connectivity index (χ2v) is 7.58. The quantitative estimate of drug-likeness (QED) is 0.442. The van der Waals surface area contributed by atoms with Crippen molar-refractivity contribution >= 4 is 13.1 Å². The van der Waals surface area contributed by atoms with E-state index in [9.17, 15) is 4.79 Å². The molecule has 4 nitrogen and oxygen atoms in total. The van der Waals surface area contributed by atoms with Crippen LogP contribution in [0.2, 0.25) is 0 Å². The SMILES string of the molecule is CC(C)(C)C(=O)OCCC/C=C/B1OC(C)(C)C(C)(C)O1. The van der Waals surface area contributed by atoms with Crippen LogP contribution in [0.3, 0.4) is 0 Å². The fourth-order valence-electron chi connectivity index (χ4n) is 1.76. The Morgan fingerprint density at radius 2 is 1.67 bits per heavy atom. The molecule has 120 valence electrons. The summed E-state index contributed by atoms with van der Waals surface area (Å²) >= 11 is 0. The molecule has 1 rings (SSSR count). The molecule has 0 aromatic carbocycles. The number of unbranched alkanes of at least 4 members (excludes halogenated alkanes) is 1. The van der Waals surface area contributed by atoms with Crippen LogP contribution in [0.4, 0.5) is 0 Å². The summed E-state index contributed by atoms with van der Waals surface area (Å²) in [5.41, 5.74) is -1.03. The Balaban J connectivity index is 2.24. The van der Waals surface area contributed by atoms with Gasteiger partial charge in [-0.15, -0.1) is 0 Å². The van der Waals surface area contributed by atoms with Crippen LogP contribution in [-0.2, 0) is 18.8 Å². The number of ether oxygens (including phenoxy) is 1. The maximum Gasteiger partial charge on any atom is 0.486 e. The van der Waals surface area contributed by atoms with Crippen molar-refractivity contribution in [1.82, 2.24) is 0 Å². The molecule has 1 saturated heterocycles.